The second-order valence-electron chi connectivity index (χ2n) is 4.34. The van der Waals surface area contributed by atoms with Gasteiger partial charge in [0.2, 0.25) is 0 Å². The van der Waals surface area contributed by atoms with E-state index in [-0.39, 0.29) is 12.3 Å². The van der Waals surface area contributed by atoms with Gasteiger partial charge in [0.1, 0.15) is 0 Å². The lowest BCUT2D eigenvalue weighted by Gasteiger charge is -2.21. The van der Waals surface area contributed by atoms with Crippen molar-refractivity contribution in [3.63, 3.8) is 0 Å². The second-order valence-corrected chi connectivity index (χ2v) is 4.34. The van der Waals surface area contributed by atoms with Gasteiger partial charge in [0, 0.05) is 19.2 Å². The van der Waals surface area contributed by atoms with Crippen molar-refractivity contribution in [3.8, 4) is 0 Å². The Hall–Kier alpha value is -1.32. The number of carbonyl (C=O) groups is 1. The molecular formula is C11H16N2O2. The van der Waals surface area contributed by atoms with Gasteiger partial charge in [0.25, 0.3) is 0 Å². The predicted octanol–water partition coefficient (Wildman–Crippen LogP) is 1.31. The lowest BCUT2D eigenvalue weighted by molar-refractivity contribution is -0.138. The minimum atomic E-state index is -0.692. The minimum absolute atomic E-state index is 0.281. The Morgan fingerprint density at radius 3 is 3.07 bits per heavy atom. The monoisotopic (exact) mass is 208 g/mol. The molecule has 1 aromatic rings. The summed E-state index contributed by atoms with van der Waals surface area (Å²) in [6.07, 6.45) is 3.10. The van der Waals surface area contributed by atoms with Gasteiger partial charge in [0.15, 0.2) is 0 Å². The van der Waals surface area contributed by atoms with Crippen LogP contribution in [0.5, 0.6) is 0 Å². The lowest BCUT2D eigenvalue weighted by Crippen LogP contribution is -2.19. The van der Waals surface area contributed by atoms with Crippen LogP contribution in [-0.4, -0.2) is 20.9 Å². The molecule has 0 aliphatic heterocycles. The smallest absolute Gasteiger partial charge is 0.303 e. The molecule has 0 radical (unpaired) electrons. The van der Waals surface area contributed by atoms with Gasteiger partial charge in [-0.15, -0.1) is 0 Å². The highest BCUT2D eigenvalue weighted by Crippen LogP contribution is 2.28. The van der Waals surface area contributed by atoms with E-state index in [4.69, 9.17) is 5.11 Å². The molecule has 0 fully saturated rings. The van der Waals surface area contributed by atoms with E-state index >= 15 is 0 Å². The van der Waals surface area contributed by atoms with Gasteiger partial charge in [-0.3, -0.25) is 9.48 Å². The molecule has 0 amide bonds. The van der Waals surface area contributed by atoms with E-state index in [1.165, 1.54) is 11.3 Å². The third-order valence-electron chi connectivity index (χ3n) is 3.22. The van der Waals surface area contributed by atoms with Gasteiger partial charge in [-0.05, 0) is 37.7 Å². The van der Waals surface area contributed by atoms with Gasteiger partial charge in [-0.1, -0.05) is 0 Å². The summed E-state index contributed by atoms with van der Waals surface area (Å²) in [6.45, 7) is 2.02. The van der Waals surface area contributed by atoms with Crippen molar-refractivity contribution in [2.45, 2.75) is 32.6 Å². The number of aliphatic carboxylic acids is 1. The fraction of sp³-hybridized carbons (Fsp3) is 0.636. The number of hydrogen-bond acceptors (Lipinski definition) is 2. The highest BCUT2D eigenvalue weighted by Gasteiger charge is 2.25. The van der Waals surface area contributed by atoms with Crippen molar-refractivity contribution in [1.29, 1.82) is 0 Å². The Balaban J connectivity index is 2.19. The molecule has 0 spiro atoms. The average Bonchev–Trinajstić information content (AvgIpc) is 2.41. The third kappa shape index (κ3) is 1.89. The summed E-state index contributed by atoms with van der Waals surface area (Å²) >= 11 is 0. The van der Waals surface area contributed by atoms with Gasteiger partial charge in [-0.2, -0.15) is 5.10 Å². The molecule has 1 aliphatic rings. The highest BCUT2D eigenvalue weighted by molar-refractivity contribution is 5.67. The molecule has 1 aromatic heterocycles. The van der Waals surface area contributed by atoms with Crippen LogP contribution in [0.1, 0.15) is 29.8 Å². The number of hydrogen-bond donors (Lipinski definition) is 1. The summed E-state index contributed by atoms with van der Waals surface area (Å²) in [6, 6.07) is 0. The molecule has 1 N–H and O–H groups in total. The van der Waals surface area contributed by atoms with Crippen molar-refractivity contribution < 1.29 is 9.90 Å². The first kappa shape index (κ1) is 10.2. The zero-order valence-corrected chi connectivity index (χ0v) is 9.16. The van der Waals surface area contributed by atoms with Crippen molar-refractivity contribution in [1.82, 2.24) is 9.78 Å². The van der Waals surface area contributed by atoms with Gasteiger partial charge in [0.05, 0.1) is 5.69 Å². The van der Waals surface area contributed by atoms with Crippen molar-refractivity contribution in [2.24, 2.45) is 13.0 Å². The Morgan fingerprint density at radius 2 is 2.40 bits per heavy atom. The normalized spacial score (nSPS) is 20.0. The molecule has 0 saturated carbocycles. The quantitative estimate of drug-likeness (QED) is 0.797. The number of rotatable bonds is 2. The van der Waals surface area contributed by atoms with Crippen molar-refractivity contribution in [2.75, 3.05) is 0 Å². The van der Waals surface area contributed by atoms with Crippen LogP contribution in [0, 0.1) is 12.8 Å². The Morgan fingerprint density at radius 1 is 1.67 bits per heavy atom. The SMILES string of the molecule is Cc1nn(C)c2c1CCC(CC(=O)O)C2. The lowest BCUT2D eigenvalue weighted by atomic mass is 9.85. The molecule has 0 bridgehead atoms. The number of fused-ring (bicyclic) bond motifs is 1. The maximum Gasteiger partial charge on any atom is 0.303 e. The fourth-order valence-electron chi connectivity index (χ4n) is 2.48. The minimum Gasteiger partial charge on any atom is -0.481 e. The standard InChI is InChI=1S/C11H16N2O2/c1-7-9-4-3-8(6-11(14)15)5-10(9)13(2)12-7/h8H,3-6H2,1-2H3,(H,14,15). The molecule has 1 heterocycles. The first-order valence-corrected chi connectivity index (χ1v) is 5.31. The first-order valence-electron chi connectivity index (χ1n) is 5.31. The van der Waals surface area contributed by atoms with E-state index in [2.05, 4.69) is 5.10 Å². The molecule has 1 atom stereocenters. The summed E-state index contributed by atoms with van der Waals surface area (Å²) < 4.78 is 1.90. The van der Waals surface area contributed by atoms with E-state index in [0.29, 0.717) is 0 Å². The molecule has 4 heteroatoms. The van der Waals surface area contributed by atoms with Crippen LogP contribution in [0.25, 0.3) is 0 Å². The third-order valence-corrected chi connectivity index (χ3v) is 3.22. The molecular weight excluding hydrogens is 192 g/mol. The van der Waals surface area contributed by atoms with E-state index < -0.39 is 5.97 Å². The van der Waals surface area contributed by atoms with Crippen LogP contribution < -0.4 is 0 Å². The van der Waals surface area contributed by atoms with Gasteiger partial charge < -0.3 is 5.11 Å². The van der Waals surface area contributed by atoms with Gasteiger partial charge in [-0.25, -0.2) is 0 Å². The van der Waals surface area contributed by atoms with Crippen LogP contribution in [-0.2, 0) is 24.7 Å². The summed E-state index contributed by atoms with van der Waals surface area (Å²) in [5.74, 6) is -0.410. The molecule has 0 saturated heterocycles. The largest absolute Gasteiger partial charge is 0.481 e. The molecule has 82 valence electrons. The van der Waals surface area contributed by atoms with Crippen LogP contribution in [0.2, 0.25) is 0 Å². The second kappa shape index (κ2) is 3.68. The maximum absolute atomic E-state index is 10.6. The molecule has 2 rings (SSSR count). The number of nitrogens with zero attached hydrogens (tertiary/aromatic N) is 2. The summed E-state index contributed by atoms with van der Waals surface area (Å²) in [5, 5.41) is 13.1. The van der Waals surface area contributed by atoms with Crippen LogP contribution in [0.3, 0.4) is 0 Å². The zero-order valence-electron chi connectivity index (χ0n) is 9.16. The van der Waals surface area contributed by atoms with E-state index in [1.807, 2.05) is 18.7 Å². The zero-order chi connectivity index (χ0) is 11.0. The maximum atomic E-state index is 10.6. The van der Waals surface area contributed by atoms with Crippen LogP contribution in [0.4, 0.5) is 0 Å². The molecule has 1 aliphatic carbocycles. The van der Waals surface area contributed by atoms with Crippen molar-refractivity contribution in [3.05, 3.63) is 17.0 Å². The van der Waals surface area contributed by atoms with Crippen LogP contribution in [0.15, 0.2) is 0 Å². The Kier molecular flexibility index (Phi) is 2.50. The molecule has 15 heavy (non-hydrogen) atoms. The average molecular weight is 208 g/mol. The van der Waals surface area contributed by atoms with Crippen molar-refractivity contribution >= 4 is 5.97 Å². The molecule has 4 nitrogen and oxygen atoms in total. The highest BCUT2D eigenvalue weighted by atomic mass is 16.4. The fourth-order valence-corrected chi connectivity index (χ4v) is 2.48. The summed E-state index contributed by atoms with van der Waals surface area (Å²) in [4.78, 5) is 10.6. The number of aromatic nitrogens is 2. The van der Waals surface area contributed by atoms with E-state index in [1.54, 1.807) is 0 Å². The molecule has 1 unspecified atom stereocenters. The Labute approximate surface area is 88.9 Å². The number of carboxylic acid groups (broad SMARTS) is 1. The van der Waals surface area contributed by atoms with E-state index in [0.717, 1.165) is 25.0 Å². The van der Waals surface area contributed by atoms with Gasteiger partial charge >= 0.3 is 5.97 Å². The van der Waals surface area contributed by atoms with E-state index in [9.17, 15) is 4.79 Å². The Bertz CT molecular complexity index is 396. The number of aryl methyl sites for hydroxylation is 2. The summed E-state index contributed by atoms with van der Waals surface area (Å²) in [5.41, 5.74) is 3.66. The van der Waals surface area contributed by atoms with Crippen LogP contribution >= 0.6 is 0 Å². The molecule has 0 aromatic carbocycles. The number of carboxylic acids is 1. The first-order chi connectivity index (χ1) is 7.08. The summed E-state index contributed by atoms with van der Waals surface area (Å²) in [7, 11) is 1.94. The topological polar surface area (TPSA) is 55.1 Å². The predicted molar refractivity (Wildman–Crippen MR) is 55.7 cm³/mol.